The van der Waals surface area contributed by atoms with E-state index in [1.807, 2.05) is 0 Å². The fourth-order valence-electron chi connectivity index (χ4n) is 2.90. The summed E-state index contributed by atoms with van der Waals surface area (Å²) in [4.78, 5) is 39.6. The molecule has 3 amide bonds. The Morgan fingerprint density at radius 2 is 1.81 bits per heavy atom. The Kier molecular flexibility index (Phi) is 5.68. The van der Waals surface area contributed by atoms with Crippen LogP contribution in [0.15, 0.2) is 42.5 Å². The molecule has 1 aliphatic rings. The van der Waals surface area contributed by atoms with Gasteiger partial charge in [0, 0.05) is 29.2 Å². The molecule has 8 heteroatoms. The minimum atomic E-state index is -0.560. The summed E-state index contributed by atoms with van der Waals surface area (Å²) in [5, 5.41) is 0.641. The molecule has 0 spiro atoms. The molecule has 1 aliphatic heterocycles. The van der Waals surface area contributed by atoms with Crippen molar-refractivity contribution in [3.63, 3.8) is 0 Å². The zero-order chi connectivity index (χ0) is 19.6. The van der Waals surface area contributed by atoms with Gasteiger partial charge in [-0.1, -0.05) is 23.2 Å². The number of rotatable bonds is 5. The van der Waals surface area contributed by atoms with E-state index in [9.17, 15) is 14.4 Å². The van der Waals surface area contributed by atoms with Crippen molar-refractivity contribution in [3.05, 3.63) is 63.6 Å². The summed E-state index contributed by atoms with van der Waals surface area (Å²) < 4.78 is 0. The molecular formula is C19H17Cl2N3O3. The van der Waals surface area contributed by atoms with Crippen LogP contribution in [-0.2, 0) is 4.79 Å². The molecule has 2 N–H and O–H groups in total. The third kappa shape index (κ3) is 4.23. The largest absolute Gasteiger partial charge is 0.366 e. The highest BCUT2D eigenvalue weighted by atomic mass is 35.5. The van der Waals surface area contributed by atoms with E-state index in [-0.39, 0.29) is 29.1 Å². The molecule has 1 saturated heterocycles. The molecular weight excluding hydrogens is 389 g/mol. The monoisotopic (exact) mass is 405 g/mol. The lowest BCUT2D eigenvalue weighted by atomic mass is 10.1. The molecule has 0 bridgehead atoms. The zero-order valence-electron chi connectivity index (χ0n) is 14.3. The molecule has 1 heterocycles. The predicted octanol–water partition coefficient (Wildman–Crippen LogP) is 3.32. The van der Waals surface area contributed by atoms with Crippen LogP contribution in [0.1, 0.15) is 33.6 Å². The highest BCUT2D eigenvalue weighted by molar-refractivity contribution is 6.37. The number of hydrogen-bond donors (Lipinski definition) is 1. The molecule has 27 heavy (non-hydrogen) atoms. The van der Waals surface area contributed by atoms with Gasteiger partial charge >= 0.3 is 0 Å². The Balaban J connectivity index is 1.96. The first-order valence-electron chi connectivity index (χ1n) is 8.31. The summed E-state index contributed by atoms with van der Waals surface area (Å²) in [6.07, 6.45) is 1.22. The van der Waals surface area contributed by atoms with Crippen molar-refractivity contribution in [3.8, 4) is 0 Å². The summed E-state index contributed by atoms with van der Waals surface area (Å²) in [6, 6.07) is 10.9. The first kappa shape index (κ1) is 19.2. The number of likely N-dealkylation sites (tertiary alicyclic amines) is 1. The molecule has 2 aromatic carbocycles. The predicted molar refractivity (Wildman–Crippen MR) is 104 cm³/mol. The number of carbonyl (C=O) groups is 3. The van der Waals surface area contributed by atoms with Gasteiger partial charge in [-0.3, -0.25) is 19.3 Å². The van der Waals surface area contributed by atoms with Crippen LogP contribution in [0.2, 0.25) is 10.0 Å². The van der Waals surface area contributed by atoms with Crippen molar-refractivity contribution >= 4 is 46.6 Å². The van der Waals surface area contributed by atoms with E-state index < -0.39 is 5.91 Å². The number of primary amides is 1. The number of nitrogens with two attached hydrogens (primary N) is 1. The number of hydrogen-bond acceptors (Lipinski definition) is 3. The maximum absolute atomic E-state index is 13.2. The molecule has 6 nitrogen and oxygen atoms in total. The zero-order valence-corrected chi connectivity index (χ0v) is 15.8. The Hall–Kier alpha value is -2.57. The van der Waals surface area contributed by atoms with E-state index in [2.05, 4.69) is 0 Å². The minimum Gasteiger partial charge on any atom is -0.366 e. The van der Waals surface area contributed by atoms with Gasteiger partial charge in [0.25, 0.3) is 5.91 Å². The standard InChI is InChI=1S/C19H17Cl2N3O3/c20-13-5-8-15(16(21)10-13)19(27)24(11-23-9-1-2-17(23)25)14-6-3-12(4-7-14)18(22)26/h3-8,10H,1-2,9,11H2,(H2,22,26). The van der Waals surface area contributed by atoms with Crippen molar-refractivity contribution < 1.29 is 14.4 Å². The lowest BCUT2D eigenvalue weighted by Crippen LogP contribution is -2.42. The van der Waals surface area contributed by atoms with Gasteiger partial charge in [0.2, 0.25) is 11.8 Å². The van der Waals surface area contributed by atoms with Crippen molar-refractivity contribution in [1.82, 2.24) is 4.90 Å². The van der Waals surface area contributed by atoms with Crippen molar-refractivity contribution in [1.29, 1.82) is 0 Å². The molecule has 0 aromatic heterocycles. The summed E-state index contributed by atoms with van der Waals surface area (Å²) in [5.41, 5.74) is 6.39. The van der Waals surface area contributed by atoms with Crippen LogP contribution in [-0.4, -0.2) is 35.8 Å². The fraction of sp³-hybridized carbons (Fsp3) is 0.211. The van der Waals surface area contributed by atoms with Crippen LogP contribution in [0.3, 0.4) is 0 Å². The van der Waals surface area contributed by atoms with Crippen LogP contribution in [0.5, 0.6) is 0 Å². The number of halogens is 2. The van der Waals surface area contributed by atoms with Gasteiger partial charge in [-0.2, -0.15) is 0 Å². The van der Waals surface area contributed by atoms with Crippen molar-refractivity contribution in [2.75, 3.05) is 18.1 Å². The Morgan fingerprint density at radius 3 is 2.37 bits per heavy atom. The van der Waals surface area contributed by atoms with E-state index >= 15 is 0 Å². The second kappa shape index (κ2) is 7.98. The fourth-order valence-corrected chi connectivity index (χ4v) is 3.39. The first-order valence-corrected chi connectivity index (χ1v) is 9.07. The third-order valence-corrected chi connectivity index (χ3v) is 4.90. The second-order valence-electron chi connectivity index (χ2n) is 6.17. The minimum absolute atomic E-state index is 0.0104. The SMILES string of the molecule is NC(=O)c1ccc(N(CN2CCCC2=O)C(=O)c2ccc(Cl)cc2Cl)cc1. The summed E-state index contributed by atoms with van der Waals surface area (Å²) in [5.74, 6) is -0.943. The van der Waals surface area contributed by atoms with E-state index in [0.717, 1.165) is 6.42 Å². The molecule has 0 saturated carbocycles. The molecule has 0 aliphatic carbocycles. The number of carbonyl (C=O) groups excluding carboxylic acids is 3. The van der Waals surface area contributed by atoms with Crippen LogP contribution in [0.4, 0.5) is 5.69 Å². The molecule has 0 radical (unpaired) electrons. The Labute approximate surface area is 166 Å². The summed E-state index contributed by atoms with van der Waals surface area (Å²) >= 11 is 12.1. The molecule has 1 fully saturated rings. The van der Waals surface area contributed by atoms with Gasteiger partial charge in [0.15, 0.2) is 0 Å². The number of benzene rings is 2. The maximum atomic E-state index is 13.2. The summed E-state index contributed by atoms with van der Waals surface area (Å²) in [6.45, 7) is 0.670. The number of amides is 3. The average Bonchev–Trinajstić information content (AvgIpc) is 3.04. The third-order valence-electron chi connectivity index (χ3n) is 4.35. The smallest absolute Gasteiger partial charge is 0.261 e. The van der Waals surface area contributed by atoms with Crippen LogP contribution < -0.4 is 10.6 Å². The highest BCUT2D eigenvalue weighted by Gasteiger charge is 2.27. The van der Waals surface area contributed by atoms with Crippen LogP contribution >= 0.6 is 23.2 Å². The molecule has 2 aromatic rings. The Morgan fingerprint density at radius 1 is 1.11 bits per heavy atom. The lowest BCUT2D eigenvalue weighted by molar-refractivity contribution is -0.127. The van der Waals surface area contributed by atoms with Gasteiger partial charge in [0.1, 0.15) is 6.67 Å². The molecule has 140 valence electrons. The van der Waals surface area contributed by atoms with E-state index in [4.69, 9.17) is 28.9 Å². The van der Waals surface area contributed by atoms with Crippen LogP contribution in [0.25, 0.3) is 0 Å². The topological polar surface area (TPSA) is 83.7 Å². The van der Waals surface area contributed by atoms with E-state index in [1.54, 1.807) is 29.2 Å². The van der Waals surface area contributed by atoms with E-state index in [0.29, 0.717) is 29.2 Å². The highest BCUT2D eigenvalue weighted by Crippen LogP contribution is 2.26. The molecule has 3 rings (SSSR count). The normalized spacial score (nSPS) is 13.7. The second-order valence-corrected chi connectivity index (χ2v) is 7.01. The van der Waals surface area contributed by atoms with Crippen molar-refractivity contribution in [2.45, 2.75) is 12.8 Å². The quantitative estimate of drug-likeness (QED) is 0.827. The van der Waals surface area contributed by atoms with E-state index in [1.165, 1.54) is 23.1 Å². The van der Waals surface area contributed by atoms with Gasteiger partial charge in [0.05, 0.1) is 10.6 Å². The number of anilines is 1. The van der Waals surface area contributed by atoms with Gasteiger partial charge in [-0.15, -0.1) is 0 Å². The molecule has 0 unspecified atom stereocenters. The lowest BCUT2D eigenvalue weighted by Gasteiger charge is -2.28. The van der Waals surface area contributed by atoms with Gasteiger partial charge < -0.3 is 10.6 Å². The maximum Gasteiger partial charge on any atom is 0.261 e. The Bertz CT molecular complexity index is 900. The van der Waals surface area contributed by atoms with Crippen molar-refractivity contribution in [2.24, 2.45) is 5.73 Å². The first-order chi connectivity index (χ1) is 12.9. The molecule has 0 atom stereocenters. The summed E-state index contributed by atoms with van der Waals surface area (Å²) in [7, 11) is 0. The van der Waals surface area contributed by atoms with Gasteiger partial charge in [-0.25, -0.2) is 0 Å². The van der Waals surface area contributed by atoms with Gasteiger partial charge in [-0.05, 0) is 48.9 Å². The average molecular weight is 406 g/mol. The number of nitrogens with zero attached hydrogens (tertiary/aromatic N) is 2. The van der Waals surface area contributed by atoms with Crippen LogP contribution in [0, 0.1) is 0 Å².